The van der Waals surface area contributed by atoms with Gasteiger partial charge in [-0.2, -0.15) is 0 Å². The van der Waals surface area contributed by atoms with Crippen LogP contribution >= 0.6 is 34.0 Å². The van der Waals surface area contributed by atoms with Crippen LogP contribution in [0.15, 0.2) is 58.6 Å². The molecule has 0 radical (unpaired) electrons. The highest BCUT2D eigenvalue weighted by molar-refractivity contribution is 7.16. The third-order valence-electron chi connectivity index (χ3n) is 3.73. The fourth-order valence-electron chi connectivity index (χ4n) is 2.47. The van der Waals surface area contributed by atoms with Gasteiger partial charge in [-0.15, -0.1) is 34.0 Å². The van der Waals surface area contributed by atoms with Crippen molar-refractivity contribution >= 4 is 45.0 Å². The summed E-state index contributed by atoms with van der Waals surface area (Å²) in [5.41, 5.74) is 4.11. The van der Waals surface area contributed by atoms with Crippen molar-refractivity contribution in [3.8, 4) is 21.7 Å². The summed E-state index contributed by atoms with van der Waals surface area (Å²) in [6, 6.07) is 14.2. The molecule has 0 unspecified atom stereocenters. The summed E-state index contributed by atoms with van der Waals surface area (Å²) in [6.45, 7) is 2.05. The van der Waals surface area contributed by atoms with E-state index >= 15 is 0 Å². The van der Waals surface area contributed by atoms with E-state index < -0.39 is 0 Å². The van der Waals surface area contributed by atoms with Crippen molar-refractivity contribution in [1.29, 1.82) is 0 Å². The number of aromatic nitrogens is 1. The number of rotatable bonds is 4. The topological polar surface area (TPSA) is 42.0 Å². The lowest BCUT2D eigenvalue weighted by atomic mass is 10.0. The number of carbonyl (C=O) groups excluding carboxylic acids is 1. The van der Waals surface area contributed by atoms with E-state index in [9.17, 15) is 4.79 Å². The van der Waals surface area contributed by atoms with Crippen LogP contribution in [-0.2, 0) is 0 Å². The fourth-order valence-corrected chi connectivity index (χ4v) is 4.75. The Morgan fingerprint density at radius 1 is 1.00 bits per heavy atom. The van der Waals surface area contributed by atoms with Crippen LogP contribution in [-0.4, -0.2) is 10.9 Å². The van der Waals surface area contributed by atoms with E-state index in [1.54, 1.807) is 11.3 Å². The highest BCUT2D eigenvalue weighted by Crippen LogP contribution is 2.31. The SMILES string of the molecule is Cc1ccc(-c2ccsc2C(=O)Nc2nc(-c3cccs3)cs2)cc1. The van der Waals surface area contributed by atoms with Gasteiger partial charge in [-0.05, 0) is 35.4 Å². The van der Waals surface area contributed by atoms with Gasteiger partial charge in [0.05, 0.1) is 10.6 Å². The summed E-state index contributed by atoms with van der Waals surface area (Å²) < 4.78 is 0. The van der Waals surface area contributed by atoms with E-state index in [1.807, 2.05) is 46.5 Å². The van der Waals surface area contributed by atoms with E-state index in [-0.39, 0.29) is 5.91 Å². The van der Waals surface area contributed by atoms with E-state index in [2.05, 4.69) is 29.4 Å². The van der Waals surface area contributed by atoms with Gasteiger partial charge in [0.15, 0.2) is 5.13 Å². The van der Waals surface area contributed by atoms with Gasteiger partial charge >= 0.3 is 0 Å². The zero-order valence-electron chi connectivity index (χ0n) is 13.4. The molecule has 0 aliphatic rings. The van der Waals surface area contributed by atoms with Crippen molar-refractivity contribution in [2.24, 2.45) is 0 Å². The predicted octanol–water partition coefficient (Wildman–Crippen LogP) is 6.16. The minimum Gasteiger partial charge on any atom is -0.297 e. The van der Waals surface area contributed by atoms with Gasteiger partial charge in [0.2, 0.25) is 0 Å². The summed E-state index contributed by atoms with van der Waals surface area (Å²) in [5.74, 6) is -0.113. The molecule has 1 aromatic carbocycles. The number of hydrogen-bond acceptors (Lipinski definition) is 5. The lowest BCUT2D eigenvalue weighted by molar-refractivity contribution is 0.103. The Morgan fingerprint density at radius 3 is 2.60 bits per heavy atom. The second-order valence-corrected chi connectivity index (χ2v) is 8.22. The smallest absolute Gasteiger partial charge is 0.268 e. The third kappa shape index (κ3) is 3.42. The molecule has 0 aliphatic heterocycles. The van der Waals surface area contributed by atoms with E-state index in [1.165, 1.54) is 28.2 Å². The second kappa shape index (κ2) is 6.92. The van der Waals surface area contributed by atoms with Gasteiger partial charge in [0, 0.05) is 10.9 Å². The van der Waals surface area contributed by atoms with Crippen molar-refractivity contribution in [1.82, 2.24) is 4.98 Å². The molecular formula is C19H14N2OS3. The molecule has 0 saturated carbocycles. The fraction of sp³-hybridized carbons (Fsp3) is 0.0526. The molecule has 124 valence electrons. The molecule has 0 aliphatic carbocycles. The van der Waals surface area contributed by atoms with Crippen LogP contribution in [0.25, 0.3) is 21.7 Å². The molecule has 25 heavy (non-hydrogen) atoms. The van der Waals surface area contributed by atoms with Crippen molar-refractivity contribution < 1.29 is 4.79 Å². The first-order chi connectivity index (χ1) is 12.2. The quantitative estimate of drug-likeness (QED) is 0.459. The number of nitrogens with one attached hydrogen (secondary N) is 1. The Kier molecular flexibility index (Phi) is 4.48. The van der Waals surface area contributed by atoms with Crippen LogP contribution in [0.3, 0.4) is 0 Å². The number of thiophene rings is 2. The molecule has 1 N–H and O–H groups in total. The molecule has 6 heteroatoms. The maximum absolute atomic E-state index is 12.7. The molecule has 4 aromatic rings. The number of anilines is 1. The highest BCUT2D eigenvalue weighted by Gasteiger charge is 2.16. The van der Waals surface area contributed by atoms with Crippen LogP contribution in [0.1, 0.15) is 15.2 Å². The maximum Gasteiger partial charge on any atom is 0.268 e. The lowest BCUT2D eigenvalue weighted by Gasteiger charge is -2.04. The number of thiazole rings is 1. The molecule has 0 fully saturated rings. The zero-order valence-corrected chi connectivity index (χ0v) is 15.8. The molecule has 1 amide bonds. The Morgan fingerprint density at radius 2 is 1.84 bits per heavy atom. The van der Waals surface area contributed by atoms with Gasteiger partial charge < -0.3 is 0 Å². The molecule has 3 nitrogen and oxygen atoms in total. The van der Waals surface area contributed by atoms with Gasteiger partial charge in [-0.1, -0.05) is 35.9 Å². The van der Waals surface area contributed by atoms with Crippen molar-refractivity contribution in [2.45, 2.75) is 6.92 Å². The monoisotopic (exact) mass is 382 g/mol. The van der Waals surface area contributed by atoms with E-state index in [0.717, 1.165) is 21.7 Å². The first kappa shape index (κ1) is 16.2. The van der Waals surface area contributed by atoms with Crippen molar-refractivity contribution in [3.63, 3.8) is 0 Å². The summed E-state index contributed by atoms with van der Waals surface area (Å²) in [5, 5.41) is 9.49. The average molecular weight is 383 g/mol. The molecular weight excluding hydrogens is 368 g/mol. The van der Waals surface area contributed by atoms with E-state index in [4.69, 9.17) is 0 Å². The molecule has 4 rings (SSSR count). The average Bonchev–Trinajstić information content (AvgIpc) is 3.36. The minimum absolute atomic E-state index is 0.113. The van der Waals surface area contributed by atoms with Crippen LogP contribution in [0.4, 0.5) is 5.13 Å². The van der Waals surface area contributed by atoms with Crippen LogP contribution in [0.2, 0.25) is 0 Å². The predicted molar refractivity (Wildman–Crippen MR) is 108 cm³/mol. The summed E-state index contributed by atoms with van der Waals surface area (Å²) in [6.07, 6.45) is 0. The number of aryl methyl sites for hydroxylation is 1. The zero-order chi connectivity index (χ0) is 17.2. The molecule has 3 aromatic heterocycles. The largest absolute Gasteiger partial charge is 0.297 e. The Hall–Kier alpha value is -2.28. The number of carbonyl (C=O) groups is 1. The van der Waals surface area contributed by atoms with Crippen molar-refractivity contribution in [2.75, 3.05) is 5.32 Å². The van der Waals surface area contributed by atoms with Crippen LogP contribution in [0.5, 0.6) is 0 Å². The van der Waals surface area contributed by atoms with Gasteiger partial charge in [0.25, 0.3) is 5.91 Å². The first-order valence-electron chi connectivity index (χ1n) is 7.66. The van der Waals surface area contributed by atoms with Gasteiger partial charge in [0.1, 0.15) is 4.88 Å². The summed E-state index contributed by atoms with van der Waals surface area (Å²) in [4.78, 5) is 19.0. The Labute approximate surface area is 157 Å². The molecule has 0 bridgehead atoms. The maximum atomic E-state index is 12.7. The normalized spacial score (nSPS) is 10.8. The Bertz CT molecular complexity index is 998. The highest BCUT2D eigenvalue weighted by atomic mass is 32.1. The standard InChI is InChI=1S/C19H14N2OS3/c1-12-4-6-13(7-5-12)14-8-10-24-17(14)18(22)21-19-20-15(11-25-19)16-3-2-9-23-16/h2-11H,1H3,(H,20,21,22). The molecule has 0 spiro atoms. The Balaban J connectivity index is 1.56. The minimum atomic E-state index is -0.113. The summed E-state index contributed by atoms with van der Waals surface area (Å²) >= 11 is 4.53. The van der Waals surface area contributed by atoms with Gasteiger partial charge in [-0.3, -0.25) is 10.1 Å². The first-order valence-corrected chi connectivity index (χ1v) is 10.3. The van der Waals surface area contributed by atoms with Crippen LogP contribution in [0, 0.1) is 6.92 Å². The van der Waals surface area contributed by atoms with Crippen LogP contribution < -0.4 is 5.32 Å². The second-order valence-electron chi connectivity index (χ2n) is 5.50. The number of benzene rings is 1. The van der Waals surface area contributed by atoms with E-state index in [0.29, 0.717) is 10.0 Å². The lowest BCUT2D eigenvalue weighted by Crippen LogP contribution is -2.11. The summed E-state index contributed by atoms with van der Waals surface area (Å²) in [7, 11) is 0. The van der Waals surface area contributed by atoms with Gasteiger partial charge in [-0.25, -0.2) is 4.98 Å². The molecule has 0 saturated heterocycles. The number of amides is 1. The third-order valence-corrected chi connectivity index (χ3v) is 6.30. The number of nitrogens with zero attached hydrogens (tertiary/aromatic N) is 1. The number of hydrogen-bond donors (Lipinski definition) is 1. The van der Waals surface area contributed by atoms with Crippen molar-refractivity contribution in [3.05, 3.63) is 69.0 Å². The molecule has 3 heterocycles. The molecule has 0 atom stereocenters.